The third kappa shape index (κ3) is 3.74. The third-order valence-corrected chi connectivity index (χ3v) is 6.09. The van der Waals surface area contributed by atoms with E-state index in [0.717, 1.165) is 22.3 Å². The number of benzene rings is 1. The molecule has 0 bridgehead atoms. The number of imidazole rings is 1. The van der Waals surface area contributed by atoms with Gasteiger partial charge in [0.25, 0.3) is 0 Å². The van der Waals surface area contributed by atoms with E-state index in [1.165, 1.54) is 17.4 Å². The summed E-state index contributed by atoms with van der Waals surface area (Å²) < 4.78 is 33.1. The molecule has 1 fully saturated rings. The highest BCUT2D eigenvalue weighted by atomic mass is 32.1. The monoisotopic (exact) mass is 419 g/mol. The van der Waals surface area contributed by atoms with Crippen molar-refractivity contribution >= 4 is 39.2 Å². The number of halogens is 2. The molecule has 1 aliphatic carbocycles. The van der Waals surface area contributed by atoms with E-state index in [-0.39, 0.29) is 28.7 Å². The number of carbonyl (C=O) groups excluding carboxylic acids is 2. The molecule has 0 spiro atoms. The SMILES string of the molecule is Cc1sc(NC(=O)C2CC2)c(C(=O)OCc2nc3ccccc3n2C(F)F)c1C. The van der Waals surface area contributed by atoms with Gasteiger partial charge in [0.2, 0.25) is 5.91 Å². The summed E-state index contributed by atoms with van der Waals surface area (Å²) in [4.78, 5) is 29.9. The second-order valence-electron chi connectivity index (χ2n) is 6.99. The van der Waals surface area contributed by atoms with Crippen molar-refractivity contribution in [3.8, 4) is 0 Å². The summed E-state index contributed by atoms with van der Waals surface area (Å²) in [5.74, 6) is -0.833. The van der Waals surface area contributed by atoms with Crippen LogP contribution in [0.3, 0.4) is 0 Å². The number of hydrogen-bond acceptors (Lipinski definition) is 5. The summed E-state index contributed by atoms with van der Waals surface area (Å²) in [6.45, 7) is 0.403. The Morgan fingerprint density at radius 1 is 1.31 bits per heavy atom. The van der Waals surface area contributed by atoms with E-state index in [9.17, 15) is 18.4 Å². The van der Waals surface area contributed by atoms with Gasteiger partial charge in [-0.25, -0.2) is 9.78 Å². The number of aryl methyl sites for hydroxylation is 1. The fraction of sp³-hybridized carbons (Fsp3) is 0.350. The fourth-order valence-corrected chi connectivity index (χ4v) is 4.19. The summed E-state index contributed by atoms with van der Waals surface area (Å²) in [6, 6.07) is 6.51. The predicted octanol–water partition coefficient (Wildman–Crippen LogP) is 4.82. The number of amides is 1. The van der Waals surface area contributed by atoms with E-state index in [2.05, 4.69) is 10.3 Å². The molecule has 9 heteroatoms. The van der Waals surface area contributed by atoms with E-state index >= 15 is 0 Å². The van der Waals surface area contributed by atoms with Crippen molar-refractivity contribution in [3.05, 3.63) is 46.1 Å². The van der Waals surface area contributed by atoms with Gasteiger partial charge in [-0.05, 0) is 44.4 Å². The van der Waals surface area contributed by atoms with Crippen LogP contribution in [0.4, 0.5) is 13.8 Å². The highest BCUT2D eigenvalue weighted by Gasteiger charge is 2.32. The maximum Gasteiger partial charge on any atom is 0.341 e. The van der Waals surface area contributed by atoms with Crippen LogP contribution in [0.1, 0.15) is 46.0 Å². The molecule has 0 unspecified atom stereocenters. The predicted molar refractivity (Wildman–Crippen MR) is 105 cm³/mol. The van der Waals surface area contributed by atoms with Crippen molar-refractivity contribution in [2.75, 3.05) is 5.32 Å². The molecule has 6 nitrogen and oxygen atoms in total. The van der Waals surface area contributed by atoms with Crippen molar-refractivity contribution in [1.82, 2.24) is 9.55 Å². The quantitative estimate of drug-likeness (QED) is 0.582. The molecular weight excluding hydrogens is 400 g/mol. The molecule has 3 aromatic rings. The van der Waals surface area contributed by atoms with Crippen molar-refractivity contribution in [2.45, 2.75) is 39.8 Å². The van der Waals surface area contributed by atoms with E-state index in [4.69, 9.17) is 4.74 Å². The molecule has 1 N–H and O–H groups in total. The minimum atomic E-state index is -2.81. The number of anilines is 1. The molecule has 29 heavy (non-hydrogen) atoms. The van der Waals surface area contributed by atoms with Crippen LogP contribution >= 0.6 is 11.3 Å². The van der Waals surface area contributed by atoms with Gasteiger partial charge in [-0.15, -0.1) is 11.3 Å². The lowest BCUT2D eigenvalue weighted by molar-refractivity contribution is -0.117. The first-order chi connectivity index (χ1) is 13.9. The second kappa shape index (κ2) is 7.55. The van der Waals surface area contributed by atoms with Crippen LogP contribution < -0.4 is 5.32 Å². The lowest BCUT2D eigenvalue weighted by atomic mass is 10.1. The Morgan fingerprint density at radius 3 is 2.72 bits per heavy atom. The summed E-state index contributed by atoms with van der Waals surface area (Å²) in [7, 11) is 0. The first kappa shape index (κ1) is 19.5. The molecule has 0 saturated heterocycles. The highest BCUT2D eigenvalue weighted by Crippen LogP contribution is 2.36. The lowest BCUT2D eigenvalue weighted by Gasteiger charge is -2.10. The molecular formula is C20H19F2N3O3S. The molecule has 0 aliphatic heterocycles. The maximum atomic E-state index is 13.5. The molecule has 0 atom stereocenters. The zero-order chi connectivity index (χ0) is 20.7. The standard InChI is InChI=1S/C20H19F2N3O3S/c1-10-11(2)29-18(24-17(26)12-7-8-12)16(10)19(27)28-9-15-23-13-5-3-4-6-14(13)25(15)20(21)22/h3-6,12,20H,7-9H2,1-2H3,(H,24,26). The minimum absolute atomic E-state index is 0.00692. The van der Waals surface area contributed by atoms with Crippen LogP contribution in [-0.4, -0.2) is 21.4 Å². The number of rotatable bonds is 6. The van der Waals surface area contributed by atoms with Crippen LogP contribution in [0.25, 0.3) is 11.0 Å². The Hall–Kier alpha value is -2.81. The molecule has 2 aromatic heterocycles. The van der Waals surface area contributed by atoms with Crippen molar-refractivity contribution < 1.29 is 23.1 Å². The number of fused-ring (bicyclic) bond motifs is 1. The van der Waals surface area contributed by atoms with Crippen LogP contribution in [0, 0.1) is 19.8 Å². The Labute approximate surface area is 169 Å². The van der Waals surface area contributed by atoms with Crippen molar-refractivity contribution in [2.24, 2.45) is 5.92 Å². The van der Waals surface area contributed by atoms with Crippen molar-refractivity contribution in [3.63, 3.8) is 0 Å². The zero-order valence-corrected chi connectivity index (χ0v) is 16.7. The average molecular weight is 419 g/mol. The lowest BCUT2D eigenvalue weighted by Crippen LogP contribution is -2.16. The molecule has 0 radical (unpaired) electrons. The number of nitrogens with one attached hydrogen (secondary N) is 1. The smallest absolute Gasteiger partial charge is 0.341 e. The topological polar surface area (TPSA) is 73.2 Å². The molecule has 1 saturated carbocycles. The highest BCUT2D eigenvalue weighted by molar-refractivity contribution is 7.16. The number of alkyl halides is 2. The molecule has 2 heterocycles. The Morgan fingerprint density at radius 2 is 2.03 bits per heavy atom. The number of nitrogens with zero attached hydrogens (tertiary/aromatic N) is 2. The van der Waals surface area contributed by atoms with Gasteiger partial charge in [0.15, 0.2) is 5.82 Å². The number of thiophene rings is 1. The summed E-state index contributed by atoms with van der Waals surface area (Å²) >= 11 is 1.30. The Balaban J connectivity index is 1.57. The van der Waals surface area contributed by atoms with Crippen LogP contribution in [0.5, 0.6) is 0 Å². The fourth-order valence-electron chi connectivity index (χ4n) is 3.14. The van der Waals surface area contributed by atoms with E-state index in [1.54, 1.807) is 25.1 Å². The first-order valence-corrected chi connectivity index (χ1v) is 10.0. The molecule has 1 amide bonds. The maximum absolute atomic E-state index is 13.5. The number of esters is 1. The summed E-state index contributed by atoms with van der Waals surface area (Å²) in [5, 5.41) is 3.24. The van der Waals surface area contributed by atoms with E-state index in [0.29, 0.717) is 16.1 Å². The Kier molecular flexibility index (Phi) is 5.08. The van der Waals surface area contributed by atoms with Crippen LogP contribution in [0.15, 0.2) is 24.3 Å². The third-order valence-electron chi connectivity index (χ3n) is 4.97. The first-order valence-electron chi connectivity index (χ1n) is 9.18. The minimum Gasteiger partial charge on any atom is -0.454 e. The summed E-state index contributed by atoms with van der Waals surface area (Å²) in [5.41, 5.74) is 1.64. The van der Waals surface area contributed by atoms with Gasteiger partial charge in [-0.2, -0.15) is 8.78 Å². The number of hydrogen-bond donors (Lipinski definition) is 1. The van der Waals surface area contributed by atoms with Crippen LogP contribution in [-0.2, 0) is 16.1 Å². The van der Waals surface area contributed by atoms with E-state index < -0.39 is 19.1 Å². The van der Waals surface area contributed by atoms with Gasteiger partial charge in [0.1, 0.15) is 11.6 Å². The molecule has 1 aliphatic rings. The summed E-state index contributed by atoms with van der Waals surface area (Å²) in [6.07, 6.45) is 1.69. The van der Waals surface area contributed by atoms with Gasteiger partial charge in [-0.1, -0.05) is 12.1 Å². The number of carbonyl (C=O) groups is 2. The zero-order valence-electron chi connectivity index (χ0n) is 15.9. The normalized spacial score (nSPS) is 13.8. The number of ether oxygens (including phenoxy) is 1. The second-order valence-corrected chi connectivity index (χ2v) is 8.22. The number of para-hydroxylation sites is 2. The van der Waals surface area contributed by atoms with Gasteiger partial charge in [-0.3, -0.25) is 9.36 Å². The largest absolute Gasteiger partial charge is 0.454 e. The van der Waals surface area contributed by atoms with E-state index in [1.807, 2.05) is 6.92 Å². The van der Waals surface area contributed by atoms with Gasteiger partial charge in [0, 0.05) is 10.8 Å². The Bertz CT molecular complexity index is 1100. The number of aromatic nitrogens is 2. The average Bonchev–Trinajstić information content (AvgIpc) is 3.40. The van der Waals surface area contributed by atoms with Gasteiger partial charge in [0.05, 0.1) is 16.6 Å². The van der Waals surface area contributed by atoms with Gasteiger partial charge >= 0.3 is 12.5 Å². The molecule has 152 valence electrons. The molecule has 4 rings (SSSR count). The molecule has 1 aromatic carbocycles. The van der Waals surface area contributed by atoms with Gasteiger partial charge < -0.3 is 10.1 Å². The van der Waals surface area contributed by atoms with Crippen molar-refractivity contribution in [1.29, 1.82) is 0 Å². The van der Waals surface area contributed by atoms with Crippen LogP contribution in [0.2, 0.25) is 0 Å².